The van der Waals surface area contributed by atoms with Crippen molar-refractivity contribution in [3.8, 4) is 5.75 Å². The molecule has 33 heavy (non-hydrogen) atoms. The van der Waals surface area contributed by atoms with E-state index in [-0.39, 0.29) is 17.8 Å². The number of carbonyl (C=O) groups excluding carboxylic acids is 2. The van der Waals surface area contributed by atoms with Gasteiger partial charge in [0.25, 0.3) is 0 Å². The van der Waals surface area contributed by atoms with Crippen molar-refractivity contribution >= 4 is 24.5 Å². The van der Waals surface area contributed by atoms with Crippen LogP contribution in [0.15, 0.2) is 18.2 Å². The second-order valence-corrected chi connectivity index (χ2v) is 11.1. The van der Waals surface area contributed by atoms with Crippen LogP contribution in [-0.4, -0.2) is 60.4 Å². The number of Topliss-reactive ketones (excluding diaryl/α,β-unsaturated/α-hetero) is 1. The molecule has 0 aromatic heterocycles. The Hall–Kier alpha value is -2.06. The summed E-state index contributed by atoms with van der Waals surface area (Å²) in [5.74, 6) is 0.633. The molecule has 1 amide bonds. The Morgan fingerprint density at radius 2 is 1.79 bits per heavy atom. The lowest BCUT2D eigenvalue weighted by atomic mass is 9.78. The van der Waals surface area contributed by atoms with Crippen molar-refractivity contribution in [3.05, 3.63) is 23.8 Å². The molecule has 0 N–H and O–H groups in total. The van der Waals surface area contributed by atoms with Crippen LogP contribution in [-0.2, 0) is 14.0 Å². The lowest BCUT2D eigenvalue weighted by molar-refractivity contribution is 0.00578. The maximum absolute atomic E-state index is 12.4. The predicted molar refractivity (Wildman–Crippen MR) is 128 cm³/mol. The van der Waals surface area contributed by atoms with Gasteiger partial charge >= 0.3 is 13.2 Å². The van der Waals surface area contributed by atoms with E-state index in [1.165, 1.54) is 6.92 Å². The number of hydrogen-bond donors (Lipinski definition) is 0. The van der Waals surface area contributed by atoms with Crippen LogP contribution in [0.3, 0.4) is 0 Å². The number of rotatable bonds is 5. The first-order valence-electron chi connectivity index (χ1n) is 11.8. The van der Waals surface area contributed by atoms with E-state index in [0.29, 0.717) is 31.0 Å². The van der Waals surface area contributed by atoms with Gasteiger partial charge in [0.05, 0.1) is 23.4 Å². The molecule has 3 rings (SSSR count). The third-order valence-electron chi connectivity index (χ3n) is 6.55. The molecule has 1 unspecified atom stereocenters. The molecule has 2 saturated heterocycles. The summed E-state index contributed by atoms with van der Waals surface area (Å²) in [6.45, 7) is 16.8. The highest BCUT2D eigenvalue weighted by molar-refractivity contribution is 6.62. The van der Waals surface area contributed by atoms with Crippen LogP contribution in [0.4, 0.5) is 4.79 Å². The number of ether oxygens (including phenoxy) is 2. The lowest BCUT2D eigenvalue weighted by Gasteiger charge is -2.34. The second kappa shape index (κ2) is 9.30. The van der Waals surface area contributed by atoms with Gasteiger partial charge in [0.2, 0.25) is 0 Å². The van der Waals surface area contributed by atoms with Crippen LogP contribution >= 0.6 is 0 Å². The fourth-order valence-electron chi connectivity index (χ4n) is 3.98. The summed E-state index contributed by atoms with van der Waals surface area (Å²) in [6, 6.07) is 5.50. The van der Waals surface area contributed by atoms with Crippen molar-refractivity contribution in [2.75, 3.05) is 19.7 Å². The van der Waals surface area contributed by atoms with Gasteiger partial charge in [0.1, 0.15) is 11.4 Å². The number of carbonyl (C=O) groups is 2. The second-order valence-electron chi connectivity index (χ2n) is 11.1. The average Bonchev–Trinajstić information content (AvgIpc) is 2.92. The molecule has 1 aromatic carbocycles. The minimum Gasteiger partial charge on any atom is -0.492 e. The van der Waals surface area contributed by atoms with Gasteiger partial charge < -0.3 is 23.7 Å². The van der Waals surface area contributed by atoms with Gasteiger partial charge in [0.15, 0.2) is 5.78 Å². The zero-order valence-electron chi connectivity index (χ0n) is 21.3. The maximum atomic E-state index is 12.4. The first-order valence-corrected chi connectivity index (χ1v) is 11.8. The summed E-state index contributed by atoms with van der Waals surface area (Å²) >= 11 is 0. The molecule has 0 radical (unpaired) electrons. The molecule has 1 aromatic rings. The van der Waals surface area contributed by atoms with Gasteiger partial charge in [-0.15, -0.1) is 0 Å². The summed E-state index contributed by atoms with van der Waals surface area (Å²) in [7, 11) is -0.539. The van der Waals surface area contributed by atoms with E-state index in [2.05, 4.69) is 0 Å². The van der Waals surface area contributed by atoms with Crippen molar-refractivity contribution in [1.29, 1.82) is 0 Å². The van der Waals surface area contributed by atoms with Gasteiger partial charge in [-0.2, -0.15) is 0 Å². The van der Waals surface area contributed by atoms with Gasteiger partial charge in [-0.1, -0.05) is 6.07 Å². The molecule has 0 bridgehead atoms. The topological polar surface area (TPSA) is 74.3 Å². The first-order chi connectivity index (χ1) is 15.2. The third-order valence-corrected chi connectivity index (χ3v) is 6.55. The Morgan fingerprint density at radius 3 is 2.36 bits per heavy atom. The van der Waals surface area contributed by atoms with Crippen LogP contribution < -0.4 is 10.2 Å². The molecule has 2 aliphatic heterocycles. The highest BCUT2D eigenvalue weighted by Gasteiger charge is 2.51. The standard InChI is InChI=1S/C25H38BNO6/c1-17(28)20-14-19(26-32-24(5,6)25(7,8)33-26)11-12-21(20)30-16-18-10-9-13-27(15-18)22(29)31-23(2,3)4/h11-12,14,18H,9-10,13,15-16H2,1-8H3. The highest BCUT2D eigenvalue weighted by atomic mass is 16.7. The zero-order chi connectivity index (χ0) is 24.6. The Balaban J connectivity index is 1.67. The number of hydrogen-bond acceptors (Lipinski definition) is 6. The van der Waals surface area contributed by atoms with Crippen LogP contribution in [0.2, 0.25) is 0 Å². The summed E-state index contributed by atoms with van der Waals surface area (Å²) in [5.41, 5.74) is -0.133. The van der Waals surface area contributed by atoms with E-state index in [9.17, 15) is 9.59 Å². The fraction of sp³-hybridized carbons (Fsp3) is 0.680. The fourth-order valence-corrected chi connectivity index (χ4v) is 3.98. The Labute approximate surface area is 198 Å². The van der Waals surface area contributed by atoms with Gasteiger partial charge in [0, 0.05) is 19.0 Å². The lowest BCUT2D eigenvalue weighted by Crippen LogP contribution is -2.44. The molecule has 2 heterocycles. The first kappa shape index (κ1) is 25.6. The minimum atomic E-state index is -0.539. The summed E-state index contributed by atoms with van der Waals surface area (Å²) in [6.07, 6.45) is 1.57. The zero-order valence-corrected chi connectivity index (χ0v) is 21.3. The van der Waals surface area contributed by atoms with Gasteiger partial charge in [-0.05, 0) is 85.8 Å². The quantitative estimate of drug-likeness (QED) is 0.485. The number of piperidine rings is 1. The SMILES string of the molecule is CC(=O)c1cc(B2OC(C)(C)C(C)(C)O2)ccc1OCC1CCCN(C(=O)OC(C)(C)C)C1. The van der Waals surface area contributed by atoms with E-state index >= 15 is 0 Å². The number of amides is 1. The summed E-state index contributed by atoms with van der Waals surface area (Å²) in [4.78, 5) is 26.6. The molecule has 0 spiro atoms. The van der Waals surface area contributed by atoms with E-state index in [1.807, 2.05) is 60.6 Å². The third kappa shape index (κ3) is 6.09. The van der Waals surface area contributed by atoms with Crippen LogP contribution in [0, 0.1) is 5.92 Å². The monoisotopic (exact) mass is 459 g/mol. The van der Waals surface area contributed by atoms with Crippen LogP contribution in [0.5, 0.6) is 5.75 Å². The molecule has 1 atom stereocenters. The molecule has 2 fully saturated rings. The smallest absolute Gasteiger partial charge is 0.492 e. The molecule has 8 heteroatoms. The Morgan fingerprint density at radius 1 is 1.15 bits per heavy atom. The predicted octanol–water partition coefficient (Wildman–Crippen LogP) is 4.21. The van der Waals surface area contributed by atoms with E-state index in [0.717, 1.165) is 18.3 Å². The number of ketones is 1. The Kier molecular flexibility index (Phi) is 7.20. The van der Waals surface area contributed by atoms with Gasteiger partial charge in [-0.25, -0.2) is 4.79 Å². The van der Waals surface area contributed by atoms with Gasteiger partial charge in [-0.3, -0.25) is 4.79 Å². The van der Waals surface area contributed by atoms with Crippen molar-refractivity contribution < 1.29 is 28.4 Å². The molecule has 0 aliphatic carbocycles. The maximum Gasteiger partial charge on any atom is 0.494 e. The molecule has 2 aliphatic rings. The highest BCUT2D eigenvalue weighted by Crippen LogP contribution is 2.36. The normalized spacial score (nSPS) is 22.2. The van der Waals surface area contributed by atoms with Crippen molar-refractivity contribution in [3.63, 3.8) is 0 Å². The van der Waals surface area contributed by atoms with Crippen LogP contribution in [0.1, 0.15) is 78.6 Å². The minimum absolute atomic E-state index is 0.0811. The molecule has 182 valence electrons. The largest absolute Gasteiger partial charge is 0.494 e. The van der Waals surface area contributed by atoms with Crippen molar-refractivity contribution in [2.24, 2.45) is 5.92 Å². The van der Waals surface area contributed by atoms with E-state index < -0.39 is 23.9 Å². The molecule has 7 nitrogen and oxygen atoms in total. The average molecular weight is 459 g/mol. The number of nitrogens with zero attached hydrogens (tertiary/aromatic N) is 1. The number of benzene rings is 1. The van der Waals surface area contributed by atoms with Crippen molar-refractivity contribution in [1.82, 2.24) is 4.90 Å². The molecular weight excluding hydrogens is 421 g/mol. The summed E-state index contributed by atoms with van der Waals surface area (Å²) < 4.78 is 23.8. The molecule has 0 saturated carbocycles. The number of likely N-dealkylation sites (tertiary alicyclic amines) is 1. The van der Waals surface area contributed by atoms with E-state index in [1.54, 1.807) is 11.0 Å². The van der Waals surface area contributed by atoms with Crippen molar-refractivity contribution in [2.45, 2.75) is 85.0 Å². The molecular formula is C25H38BNO6. The van der Waals surface area contributed by atoms with E-state index in [4.69, 9.17) is 18.8 Å². The summed E-state index contributed by atoms with van der Waals surface area (Å²) in [5, 5.41) is 0. The Bertz CT molecular complexity index is 875. The van der Waals surface area contributed by atoms with Crippen LogP contribution in [0.25, 0.3) is 0 Å².